The first-order chi connectivity index (χ1) is 15.4. The zero-order chi connectivity index (χ0) is 22.6. The number of benzene rings is 3. The van der Waals surface area contributed by atoms with E-state index in [2.05, 4.69) is 105 Å². The molecule has 0 saturated heterocycles. The van der Waals surface area contributed by atoms with E-state index < -0.39 is 0 Å². The van der Waals surface area contributed by atoms with E-state index in [1.54, 1.807) is 0 Å². The number of hydrogen-bond donors (Lipinski definition) is 0. The van der Waals surface area contributed by atoms with Gasteiger partial charge in [0.25, 0.3) is 0 Å². The number of aryl methyl sites for hydroxylation is 1. The molecule has 0 bridgehead atoms. The van der Waals surface area contributed by atoms with Crippen LogP contribution in [0.4, 0.5) is 11.4 Å². The zero-order valence-corrected chi connectivity index (χ0v) is 20.9. The van der Waals surface area contributed by atoms with E-state index >= 15 is 0 Å². The molecule has 2 heteroatoms. The van der Waals surface area contributed by atoms with Crippen LogP contribution >= 0.6 is 11.8 Å². The van der Waals surface area contributed by atoms with Gasteiger partial charge in [-0.2, -0.15) is 0 Å². The Hall–Kier alpha value is -2.19. The molecule has 0 saturated carbocycles. The van der Waals surface area contributed by atoms with Crippen LogP contribution in [0.3, 0.4) is 0 Å². The molecule has 3 aromatic carbocycles. The summed E-state index contributed by atoms with van der Waals surface area (Å²) in [4.78, 5) is 5.24. The van der Waals surface area contributed by atoms with Gasteiger partial charge < -0.3 is 4.90 Å². The maximum absolute atomic E-state index is 2.52. The minimum Gasteiger partial charge on any atom is -0.340 e. The second-order valence-corrected chi connectivity index (χ2v) is 11.3. The van der Waals surface area contributed by atoms with Crippen LogP contribution in [0.2, 0.25) is 0 Å². The smallest absolute Gasteiger partial charge is 0.0552 e. The molecule has 0 N–H and O–H groups in total. The van der Waals surface area contributed by atoms with Crippen molar-refractivity contribution in [2.75, 3.05) is 11.4 Å². The van der Waals surface area contributed by atoms with Gasteiger partial charge in [-0.05, 0) is 78.8 Å². The third-order valence-corrected chi connectivity index (χ3v) is 7.56. The maximum Gasteiger partial charge on any atom is 0.0552 e. The summed E-state index contributed by atoms with van der Waals surface area (Å²) in [6, 6.07) is 27.1. The van der Waals surface area contributed by atoms with Crippen LogP contribution < -0.4 is 4.90 Å². The van der Waals surface area contributed by atoms with Crippen molar-refractivity contribution in [2.24, 2.45) is 5.41 Å². The number of para-hydroxylation sites is 2. The van der Waals surface area contributed by atoms with Crippen molar-refractivity contribution in [3.63, 3.8) is 0 Å². The van der Waals surface area contributed by atoms with Crippen molar-refractivity contribution in [3.05, 3.63) is 83.9 Å². The molecule has 0 amide bonds. The topological polar surface area (TPSA) is 3.24 Å². The van der Waals surface area contributed by atoms with E-state index in [0.29, 0.717) is 11.3 Å². The van der Waals surface area contributed by atoms with Gasteiger partial charge in [-0.1, -0.05) is 88.0 Å². The summed E-state index contributed by atoms with van der Waals surface area (Å²) >= 11 is 1.89. The Morgan fingerprint density at radius 3 is 1.94 bits per heavy atom. The molecule has 1 unspecified atom stereocenters. The Kier molecular flexibility index (Phi) is 7.30. The number of anilines is 2. The Morgan fingerprint density at radius 1 is 0.781 bits per heavy atom. The first-order valence-corrected chi connectivity index (χ1v) is 13.0. The second-order valence-electron chi connectivity index (χ2n) is 10.3. The molecule has 0 spiro atoms. The fourth-order valence-electron chi connectivity index (χ4n) is 4.81. The van der Waals surface area contributed by atoms with Crippen molar-refractivity contribution in [1.82, 2.24) is 0 Å². The normalized spacial score (nSPS) is 14.1. The highest BCUT2D eigenvalue weighted by Crippen LogP contribution is 2.47. The number of rotatable bonds is 8. The van der Waals surface area contributed by atoms with Gasteiger partial charge in [-0.3, -0.25) is 0 Å². The van der Waals surface area contributed by atoms with Crippen molar-refractivity contribution < 1.29 is 0 Å². The fraction of sp³-hybridized carbons (Fsp3) is 0.400. The molecule has 3 aromatic rings. The van der Waals surface area contributed by atoms with Gasteiger partial charge in [0.05, 0.1) is 11.4 Å². The molecule has 0 aliphatic carbocycles. The lowest BCUT2D eigenvalue weighted by atomic mass is 9.80. The Morgan fingerprint density at radius 2 is 1.38 bits per heavy atom. The Bertz CT molecular complexity index is 970. The lowest BCUT2D eigenvalue weighted by Crippen LogP contribution is -2.22. The zero-order valence-electron chi connectivity index (χ0n) is 20.1. The van der Waals surface area contributed by atoms with E-state index in [-0.39, 0.29) is 0 Å². The number of nitrogens with zero attached hydrogens (tertiary/aromatic N) is 1. The quantitative estimate of drug-likeness (QED) is 0.319. The monoisotopic (exact) mass is 443 g/mol. The molecule has 0 aromatic heterocycles. The van der Waals surface area contributed by atoms with E-state index in [9.17, 15) is 0 Å². The summed E-state index contributed by atoms with van der Waals surface area (Å²) in [6.07, 6.45) is 6.03. The second kappa shape index (κ2) is 10.2. The standard InChI is InChI=1S/C30H37NS/c1-5-24(22-30(2,3)4)25-19-17-23(18-20-25)12-10-11-21-31-26-13-6-8-15-28(26)32-29-16-9-7-14-27(29)31/h6-9,13-20,24H,5,10-12,21-22H2,1-4H3. The molecule has 1 atom stereocenters. The third kappa shape index (κ3) is 5.59. The molecular formula is C30H37NS. The summed E-state index contributed by atoms with van der Waals surface area (Å²) in [5.74, 6) is 0.668. The molecule has 32 heavy (non-hydrogen) atoms. The molecule has 1 heterocycles. The van der Waals surface area contributed by atoms with Gasteiger partial charge in [-0.15, -0.1) is 0 Å². The summed E-state index contributed by atoms with van der Waals surface area (Å²) in [5.41, 5.74) is 6.05. The lowest BCUT2D eigenvalue weighted by Gasteiger charge is -2.32. The largest absolute Gasteiger partial charge is 0.340 e. The first-order valence-electron chi connectivity index (χ1n) is 12.2. The lowest BCUT2D eigenvalue weighted by molar-refractivity contribution is 0.335. The van der Waals surface area contributed by atoms with Gasteiger partial charge in [-0.25, -0.2) is 0 Å². The molecule has 168 valence electrons. The fourth-order valence-corrected chi connectivity index (χ4v) is 5.91. The molecular weight excluding hydrogens is 406 g/mol. The summed E-state index contributed by atoms with van der Waals surface area (Å²) < 4.78 is 0. The molecule has 0 fully saturated rings. The predicted molar refractivity (Wildman–Crippen MR) is 140 cm³/mol. The summed E-state index contributed by atoms with van der Waals surface area (Å²) in [6.45, 7) is 10.4. The average Bonchev–Trinajstić information content (AvgIpc) is 2.79. The van der Waals surface area contributed by atoms with E-state index in [0.717, 1.165) is 13.0 Å². The van der Waals surface area contributed by atoms with Gasteiger partial charge in [0.1, 0.15) is 0 Å². The van der Waals surface area contributed by atoms with Crippen LogP contribution in [0.25, 0.3) is 0 Å². The molecule has 0 radical (unpaired) electrons. The van der Waals surface area contributed by atoms with Crippen LogP contribution in [0.15, 0.2) is 82.6 Å². The van der Waals surface area contributed by atoms with Crippen molar-refractivity contribution in [2.45, 2.75) is 75.5 Å². The Balaban J connectivity index is 1.35. The van der Waals surface area contributed by atoms with Crippen LogP contribution in [-0.4, -0.2) is 6.54 Å². The molecule has 1 aliphatic heterocycles. The van der Waals surface area contributed by atoms with E-state index in [1.165, 1.54) is 58.0 Å². The summed E-state index contributed by atoms with van der Waals surface area (Å²) in [7, 11) is 0. The average molecular weight is 444 g/mol. The van der Waals surface area contributed by atoms with Crippen LogP contribution in [0.1, 0.15) is 70.4 Å². The highest BCUT2D eigenvalue weighted by molar-refractivity contribution is 7.99. The van der Waals surface area contributed by atoms with Crippen molar-refractivity contribution >= 4 is 23.1 Å². The summed E-state index contributed by atoms with van der Waals surface area (Å²) in [5, 5.41) is 0. The van der Waals surface area contributed by atoms with Crippen LogP contribution in [0, 0.1) is 5.41 Å². The SMILES string of the molecule is CCC(CC(C)(C)C)c1ccc(CCCCN2c3ccccc3Sc3ccccc32)cc1. The predicted octanol–water partition coefficient (Wildman–Crippen LogP) is 9.24. The van der Waals surface area contributed by atoms with Gasteiger partial charge in [0, 0.05) is 16.3 Å². The Labute approximate surface area is 199 Å². The van der Waals surface area contributed by atoms with Crippen molar-refractivity contribution in [3.8, 4) is 0 Å². The number of fused-ring (bicyclic) bond motifs is 2. The van der Waals surface area contributed by atoms with Gasteiger partial charge >= 0.3 is 0 Å². The van der Waals surface area contributed by atoms with Gasteiger partial charge in [0.15, 0.2) is 0 Å². The van der Waals surface area contributed by atoms with Crippen LogP contribution in [-0.2, 0) is 6.42 Å². The highest BCUT2D eigenvalue weighted by atomic mass is 32.2. The minimum atomic E-state index is 0.379. The molecule has 1 nitrogen and oxygen atoms in total. The number of hydrogen-bond acceptors (Lipinski definition) is 2. The highest BCUT2D eigenvalue weighted by Gasteiger charge is 2.22. The molecule has 1 aliphatic rings. The van der Waals surface area contributed by atoms with E-state index in [4.69, 9.17) is 0 Å². The first kappa shape index (κ1) is 23.0. The number of unbranched alkanes of at least 4 members (excludes halogenated alkanes) is 1. The third-order valence-electron chi connectivity index (χ3n) is 6.43. The van der Waals surface area contributed by atoms with Crippen molar-refractivity contribution in [1.29, 1.82) is 0 Å². The van der Waals surface area contributed by atoms with Gasteiger partial charge in [0.2, 0.25) is 0 Å². The molecule has 4 rings (SSSR count). The van der Waals surface area contributed by atoms with Crippen LogP contribution in [0.5, 0.6) is 0 Å². The minimum absolute atomic E-state index is 0.379. The van der Waals surface area contributed by atoms with E-state index in [1.807, 2.05) is 11.8 Å². The maximum atomic E-state index is 2.52.